The maximum atomic E-state index is 13.0. The van der Waals surface area contributed by atoms with Crippen LogP contribution in [0.25, 0.3) is 0 Å². The summed E-state index contributed by atoms with van der Waals surface area (Å²) in [4.78, 5) is 13.7. The Kier molecular flexibility index (Phi) is 7.04. The molecule has 162 valence electrons. The fourth-order valence-corrected chi connectivity index (χ4v) is 4.11. The molecule has 6 nitrogen and oxygen atoms in total. The van der Waals surface area contributed by atoms with Gasteiger partial charge in [0.05, 0.1) is 4.90 Å². The lowest BCUT2D eigenvalue weighted by Gasteiger charge is -2.18. The van der Waals surface area contributed by atoms with E-state index in [0.29, 0.717) is 11.4 Å². The van der Waals surface area contributed by atoms with E-state index in [1.54, 1.807) is 14.0 Å². The summed E-state index contributed by atoms with van der Waals surface area (Å²) in [5.74, 6) is -0.360. The van der Waals surface area contributed by atoms with Crippen molar-refractivity contribution in [3.05, 3.63) is 90.2 Å². The second kappa shape index (κ2) is 9.72. The van der Waals surface area contributed by atoms with E-state index in [4.69, 9.17) is 4.74 Å². The van der Waals surface area contributed by atoms with Gasteiger partial charge in [0, 0.05) is 18.8 Å². The molecule has 0 fully saturated rings. The second-order valence-corrected chi connectivity index (χ2v) is 8.66. The van der Waals surface area contributed by atoms with Crippen LogP contribution in [-0.2, 0) is 14.8 Å². The van der Waals surface area contributed by atoms with Crippen molar-refractivity contribution in [1.29, 1.82) is 0 Å². The number of hydrogen-bond donors (Lipinski definition) is 1. The molecule has 0 spiro atoms. The zero-order valence-electron chi connectivity index (χ0n) is 17.2. The normalized spacial score (nSPS) is 12.2. The van der Waals surface area contributed by atoms with E-state index >= 15 is 0 Å². The zero-order valence-corrected chi connectivity index (χ0v) is 18.0. The predicted octanol–water partition coefficient (Wildman–Crippen LogP) is 3.91. The Hall–Kier alpha value is -3.23. The van der Waals surface area contributed by atoms with Crippen LogP contribution in [-0.4, -0.2) is 28.0 Å². The Morgan fingerprint density at radius 1 is 1.00 bits per heavy atom. The topological polar surface area (TPSA) is 75.7 Å². The highest BCUT2D eigenvalue weighted by molar-refractivity contribution is 7.89. The van der Waals surface area contributed by atoms with Gasteiger partial charge in [-0.2, -0.15) is 0 Å². The molecule has 1 amide bonds. The third-order valence-electron chi connectivity index (χ3n) is 4.72. The number of hydrogen-bond acceptors (Lipinski definition) is 4. The van der Waals surface area contributed by atoms with Crippen LogP contribution in [0.5, 0.6) is 5.75 Å². The van der Waals surface area contributed by atoms with E-state index in [2.05, 4.69) is 4.72 Å². The maximum absolute atomic E-state index is 13.0. The first kappa shape index (κ1) is 22.5. The van der Waals surface area contributed by atoms with Crippen LogP contribution in [0.15, 0.2) is 83.8 Å². The molecule has 0 aliphatic heterocycles. The molecule has 1 atom stereocenters. The van der Waals surface area contributed by atoms with Gasteiger partial charge < -0.3 is 9.64 Å². The molecule has 3 aromatic rings. The number of sulfonamides is 1. The summed E-state index contributed by atoms with van der Waals surface area (Å²) in [5.41, 5.74) is 1.39. The average Bonchev–Trinajstić information content (AvgIpc) is 2.78. The van der Waals surface area contributed by atoms with Crippen LogP contribution in [0.4, 0.5) is 10.1 Å². The third kappa shape index (κ3) is 5.90. The quantitative estimate of drug-likeness (QED) is 0.574. The summed E-state index contributed by atoms with van der Waals surface area (Å²) in [7, 11) is -2.16. The summed E-state index contributed by atoms with van der Waals surface area (Å²) in [6, 6.07) is 20.2. The molecule has 0 bridgehead atoms. The fourth-order valence-electron chi connectivity index (χ4n) is 2.88. The first-order valence-corrected chi connectivity index (χ1v) is 11.1. The van der Waals surface area contributed by atoms with Gasteiger partial charge in [0.25, 0.3) is 5.91 Å². The van der Waals surface area contributed by atoms with Gasteiger partial charge in [0.2, 0.25) is 10.0 Å². The SMILES string of the molecule is CC(NS(=O)(=O)c1ccc(OCC(=O)N(C)c2ccc(F)cc2)cc1)c1ccccc1. The number of nitrogens with one attached hydrogen (secondary N) is 1. The van der Waals surface area contributed by atoms with Crippen molar-refractivity contribution in [2.24, 2.45) is 0 Å². The number of rotatable bonds is 8. The lowest BCUT2D eigenvalue weighted by atomic mass is 10.1. The van der Waals surface area contributed by atoms with E-state index < -0.39 is 10.0 Å². The van der Waals surface area contributed by atoms with Gasteiger partial charge in [0.15, 0.2) is 6.61 Å². The van der Waals surface area contributed by atoms with E-state index in [-0.39, 0.29) is 29.3 Å². The molecule has 1 N–H and O–H groups in total. The lowest BCUT2D eigenvalue weighted by molar-refractivity contribution is -0.120. The Morgan fingerprint density at radius 2 is 1.61 bits per heavy atom. The molecule has 8 heteroatoms. The Labute approximate surface area is 181 Å². The van der Waals surface area contributed by atoms with Crippen molar-refractivity contribution in [1.82, 2.24) is 4.72 Å². The maximum Gasteiger partial charge on any atom is 0.264 e. The highest BCUT2D eigenvalue weighted by Gasteiger charge is 2.18. The van der Waals surface area contributed by atoms with Crippen molar-refractivity contribution in [2.45, 2.75) is 17.9 Å². The minimum absolute atomic E-state index is 0.0948. The summed E-state index contributed by atoms with van der Waals surface area (Å²) in [6.45, 7) is 1.52. The van der Waals surface area contributed by atoms with Gasteiger partial charge in [-0.1, -0.05) is 30.3 Å². The number of ether oxygens (including phenoxy) is 1. The number of anilines is 1. The van der Waals surface area contributed by atoms with Gasteiger partial charge in [-0.05, 0) is 61.0 Å². The molecule has 0 aromatic heterocycles. The molecule has 3 rings (SSSR count). The van der Waals surface area contributed by atoms with Crippen LogP contribution in [0, 0.1) is 5.82 Å². The highest BCUT2D eigenvalue weighted by Crippen LogP contribution is 2.20. The van der Waals surface area contributed by atoms with Gasteiger partial charge in [-0.25, -0.2) is 17.5 Å². The first-order valence-electron chi connectivity index (χ1n) is 9.58. The molecule has 3 aromatic carbocycles. The van der Waals surface area contributed by atoms with Gasteiger partial charge in [0.1, 0.15) is 11.6 Å². The molecular weight excluding hydrogens is 419 g/mol. The monoisotopic (exact) mass is 442 g/mol. The average molecular weight is 443 g/mol. The molecule has 0 aliphatic rings. The van der Waals surface area contributed by atoms with Gasteiger partial charge in [-0.3, -0.25) is 4.79 Å². The molecule has 0 aliphatic carbocycles. The number of carbonyl (C=O) groups excluding carboxylic acids is 1. The van der Waals surface area contributed by atoms with Gasteiger partial charge >= 0.3 is 0 Å². The summed E-state index contributed by atoms with van der Waals surface area (Å²) in [5, 5.41) is 0. The molecule has 0 saturated heterocycles. The lowest BCUT2D eigenvalue weighted by Crippen LogP contribution is -2.31. The largest absolute Gasteiger partial charge is 0.484 e. The Bertz CT molecular complexity index is 1120. The van der Waals surface area contributed by atoms with Crippen molar-refractivity contribution >= 4 is 21.6 Å². The number of nitrogens with zero attached hydrogens (tertiary/aromatic N) is 1. The molecule has 0 radical (unpaired) electrons. The number of carbonyl (C=O) groups is 1. The van der Waals surface area contributed by atoms with E-state index in [0.717, 1.165) is 5.56 Å². The van der Waals surface area contributed by atoms with Crippen molar-refractivity contribution in [3.8, 4) is 5.75 Å². The van der Waals surface area contributed by atoms with Crippen LogP contribution in [0.3, 0.4) is 0 Å². The first-order chi connectivity index (χ1) is 14.8. The van der Waals surface area contributed by atoms with Gasteiger partial charge in [-0.15, -0.1) is 0 Å². The smallest absolute Gasteiger partial charge is 0.264 e. The van der Waals surface area contributed by atoms with Crippen molar-refractivity contribution < 1.29 is 22.3 Å². The number of amides is 1. The molecule has 1 unspecified atom stereocenters. The van der Waals surface area contributed by atoms with E-state index in [1.807, 2.05) is 30.3 Å². The highest BCUT2D eigenvalue weighted by atomic mass is 32.2. The zero-order chi connectivity index (χ0) is 22.4. The van der Waals surface area contributed by atoms with Crippen LogP contribution >= 0.6 is 0 Å². The van der Waals surface area contributed by atoms with Crippen molar-refractivity contribution in [3.63, 3.8) is 0 Å². The second-order valence-electron chi connectivity index (χ2n) is 6.94. The Morgan fingerprint density at radius 3 is 2.23 bits per heavy atom. The Balaban J connectivity index is 1.59. The molecule has 31 heavy (non-hydrogen) atoms. The summed E-state index contributed by atoms with van der Waals surface area (Å²) in [6.07, 6.45) is 0. The molecular formula is C23H23FN2O4S. The summed E-state index contributed by atoms with van der Waals surface area (Å²) >= 11 is 0. The standard InChI is InChI=1S/C23H23FN2O4S/c1-17(18-6-4-3-5-7-18)25-31(28,29)22-14-12-21(13-15-22)30-16-23(27)26(2)20-10-8-19(24)9-11-20/h3-15,17,25H,16H2,1-2H3. The molecule has 0 saturated carbocycles. The molecule has 0 heterocycles. The number of halogens is 1. The fraction of sp³-hybridized carbons (Fsp3) is 0.174. The number of benzene rings is 3. The minimum atomic E-state index is -3.72. The summed E-state index contributed by atoms with van der Waals surface area (Å²) < 4.78 is 46.4. The van der Waals surface area contributed by atoms with Crippen molar-refractivity contribution in [2.75, 3.05) is 18.6 Å². The predicted molar refractivity (Wildman–Crippen MR) is 117 cm³/mol. The van der Waals surface area contributed by atoms with E-state index in [9.17, 15) is 17.6 Å². The van der Waals surface area contributed by atoms with Crippen LogP contribution < -0.4 is 14.4 Å². The van der Waals surface area contributed by atoms with E-state index in [1.165, 1.54) is 53.4 Å². The third-order valence-corrected chi connectivity index (χ3v) is 6.27. The van der Waals surface area contributed by atoms with Crippen LogP contribution in [0.2, 0.25) is 0 Å². The van der Waals surface area contributed by atoms with Crippen LogP contribution in [0.1, 0.15) is 18.5 Å². The minimum Gasteiger partial charge on any atom is -0.484 e. The number of likely N-dealkylation sites (N-methyl/N-ethyl adjacent to an activating group) is 1.